The van der Waals surface area contributed by atoms with Crippen LogP contribution in [-0.2, 0) is 4.79 Å². The largest absolute Gasteiger partial charge is 0.301 e. The van der Waals surface area contributed by atoms with E-state index < -0.39 is 0 Å². The Hall–Kier alpha value is -1.24. The van der Waals surface area contributed by atoms with Gasteiger partial charge in [0, 0.05) is 30.7 Å². The molecule has 1 amide bonds. The summed E-state index contributed by atoms with van der Waals surface area (Å²) >= 11 is 3.38. The van der Waals surface area contributed by atoms with Crippen molar-refractivity contribution in [3.05, 3.63) is 34.3 Å². The van der Waals surface area contributed by atoms with Crippen molar-refractivity contribution in [1.29, 1.82) is 0 Å². The molecule has 1 heterocycles. The summed E-state index contributed by atoms with van der Waals surface area (Å²) < 4.78 is 1.02. The second kappa shape index (κ2) is 8.26. The fourth-order valence-electron chi connectivity index (χ4n) is 2.23. The number of likely N-dealkylation sites (N-methyl/N-ethyl adjacent to an activating group) is 1. The van der Waals surface area contributed by atoms with Gasteiger partial charge in [-0.1, -0.05) is 35.0 Å². The number of carbonyl (C=O) groups excluding carboxylic acids is 1. The molecule has 0 aliphatic carbocycles. The number of hydrazone groups is 1. The Morgan fingerprint density at radius 1 is 1.24 bits per heavy atom. The van der Waals surface area contributed by atoms with Crippen molar-refractivity contribution in [2.24, 2.45) is 5.10 Å². The first-order valence-corrected chi connectivity index (χ1v) is 7.99. The van der Waals surface area contributed by atoms with Crippen LogP contribution in [0.15, 0.2) is 33.8 Å². The maximum Gasteiger partial charge on any atom is 0.254 e. The lowest BCUT2D eigenvalue weighted by atomic mass is 10.2. The Balaban J connectivity index is 1.71. The molecule has 5 nitrogen and oxygen atoms in total. The number of piperazine rings is 1. The lowest BCUT2D eigenvalue weighted by molar-refractivity contribution is -0.122. The highest BCUT2D eigenvalue weighted by Gasteiger charge is 2.17. The van der Waals surface area contributed by atoms with Crippen molar-refractivity contribution in [2.75, 3.05) is 39.3 Å². The Bertz CT molecular complexity index is 481. The Morgan fingerprint density at radius 3 is 2.48 bits per heavy atom. The van der Waals surface area contributed by atoms with Gasteiger partial charge in [0.2, 0.25) is 0 Å². The van der Waals surface area contributed by atoms with Crippen LogP contribution in [0, 0.1) is 0 Å². The van der Waals surface area contributed by atoms with Gasteiger partial charge in [-0.2, -0.15) is 5.10 Å². The number of carbonyl (C=O) groups is 1. The molecule has 6 heteroatoms. The number of amides is 1. The summed E-state index contributed by atoms with van der Waals surface area (Å²) in [6, 6.07) is 7.75. The van der Waals surface area contributed by atoms with Crippen LogP contribution in [0.2, 0.25) is 0 Å². The zero-order chi connectivity index (χ0) is 15.1. The number of rotatable bonds is 5. The van der Waals surface area contributed by atoms with Gasteiger partial charge in [-0.3, -0.25) is 9.69 Å². The summed E-state index contributed by atoms with van der Waals surface area (Å²) in [4.78, 5) is 16.4. The minimum atomic E-state index is -0.0617. The number of nitrogens with one attached hydrogen (secondary N) is 1. The fraction of sp³-hybridized carbons (Fsp3) is 0.467. The predicted molar refractivity (Wildman–Crippen MR) is 88.4 cm³/mol. The fourth-order valence-corrected chi connectivity index (χ4v) is 2.49. The van der Waals surface area contributed by atoms with Crippen LogP contribution in [0.5, 0.6) is 0 Å². The van der Waals surface area contributed by atoms with Crippen molar-refractivity contribution >= 4 is 28.1 Å². The Morgan fingerprint density at radius 2 is 1.86 bits per heavy atom. The number of hydrogen-bond donors (Lipinski definition) is 1. The molecule has 1 fully saturated rings. The summed E-state index contributed by atoms with van der Waals surface area (Å²) in [5.41, 5.74) is 3.54. The lowest BCUT2D eigenvalue weighted by Crippen LogP contribution is -2.48. The van der Waals surface area contributed by atoms with Gasteiger partial charge in [0.1, 0.15) is 0 Å². The molecule has 1 aliphatic heterocycles. The highest BCUT2D eigenvalue weighted by atomic mass is 79.9. The molecule has 2 rings (SSSR count). The minimum Gasteiger partial charge on any atom is -0.301 e. The van der Waals surface area contributed by atoms with E-state index >= 15 is 0 Å². The van der Waals surface area contributed by atoms with Gasteiger partial charge >= 0.3 is 0 Å². The zero-order valence-electron chi connectivity index (χ0n) is 12.3. The van der Waals surface area contributed by atoms with E-state index in [1.165, 1.54) is 0 Å². The average Bonchev–Trinajstić information content (AvgIpc) is 2.50. The van der Waals surface area contributed by atoms with E-state index in [9.17, 15) is 4.79 Å². The van der Waals surface area contributed by atoms with Gasteiger partial charge in [-0.05, 0) is 24.2 Å². The van der Waals surface area contributed by atoms with Gasteiger partial charge in [0.25, 0.3) is 5.91 Å². The molecule has 0 bridgehead atoms. The molecule has 114 valence electrons. The normalized spacial score (nSPS) is 17.2. The third-order valence-corrected chi connectivity index (χ3v) is 4.08. The van der Waals surface area contributed by atoms with E-state index in [4.69, 9.17) is 0 Å². The van der Waals surface area contributed by atoms with Crippen molar-refractivity contribution in [3.8, 4) is 0 Å². The number of benzene rings is 1. The predicted octanol–water partition coefficient (Wildman–Crippen LogP) is 1.54. The van der Waals surface area contributed by atoms with Crippen LogP contribution in [0.3, 0.4) is 0 Å². The molecule has 0 aromatic heterocycles. The third kappa shape index (κ3) is 5.57. The highest BCUT2D eigenvalue weighted by Crippen LogP contribution is 2.08. The molecule has 0 radical (unpaired) electrons. The standard InChI is InChI=1S/C15H21BrN4O/c1-2-19-7-9-20(10-8-19)12-15(21)18-17-11-13-3-5-14(16)6-4-13/h3-6,11H,2,7-10,12H2,1H3,(H,18,21)/b17-11+. The Labute approximate surface area is 134 Å². The second-order valence-corrected chi connectivity index (χ2v) is 5.97. The smallest absolute Gasteiger partial charge is 0.254 e. The molecule has 1 N–H and O–H groups in total. The molecule has 0 unspecified atom stereocenters. The average molecular weight is 353 g/mol. The number of nitrogens with zero attached hydrogens (tertiary/aromatic N) is 3. The molecule has 1 aromatic rings. The summed E-state index contributed by atoms with van der Waals surface area (Å²) in [6.07, 6.45) is 1.65. The molecule has 1 aliphatic rings. The van der Waals surface area contributed by atoms with Gasteiger partial charge < -0.3 is 4.90 Å². The van der Waals surface area contributed by atoms with Gasteiger partial charge in [-0.25, -0.2) is 5.43 Å². The van der Waals surface area contributed by atoms with E-state index in [2.05, 4.69) is 43.2 Å². The van der Waals surface area contributed by atoms with Crippen LogP contribution in [0.25, 0.3) is 0 Å². The van der Waals surface area contributed by atoms with Crippen LogP contribution in [-0.4, -0.2) is 61.2 Å². The molecule has 0 spiro atoms. The van der Waals surface area contributed by atoms with Gasteiger partial charge in [0.05, 0.1) is 12.8 Å². The van der Waals surface area contributed by atoms with Crippen LogP contribution >= 0.6 is 15.9 Å². The number of halogens is 1. The third-order valence-electron chi connectivity index (χ3n) is 3.55. The highest BCUT2D eigenvalue weighted by molar-refractivity contribution is 9.10. The lowest BCUT2D eigenvalue weighted by Gasteiger charge is -2.33. The van der Waals surface area contributed by atoms with E-state index in [-0.39, 0.29) is 5.91 Å². The molecular weight excluding hydrogens is 332 g/mol. The molecule has 0 atom stereocenters. The maximum absolute atomic E-state index is 11.8. The molecule has 1 aromatic carbocycles. The van der Waals surface area contributed by atoms with Crippen molar-refractivity contribution in [3.63, 3.8) is 0 Å². The van der Waals surface area contributed by atoms with Crippen molar-refractivity contribution in [2.45, 2.75) is 6.92 Å². The number of hydrogen-bond acceptors (Lipinski definition) is 4. The van der Waals surface area contributed by atoms with Crippen molar-refractivity contribution < 1.29 is 4.79 Å². The van der Waals surface area contributed by atoms with Crippen LogP contribution < -0.4 is 5.43 Å². The quantitative estimate of drug-likeness (QED) is 0.645. The minimum absolute atomic E-state index is 0.0617. The summed E-state index contributed by atoms with van der Waals surface area (Å²) in [6.45, 7) is 7.61. The zero-order valence-corrected chi connectivity index (χ0v) is 13.8. The van der Waals surface area contributed by atoms with Gasteiger partial charge in [-0.15, -0.1) is 0 Å². The summed E-state index contributed by atoms with van der Waals surface area (Å²) in [5, 5.41) is 3.99. The molecular formula is C15H21BrN4O. The van der Waals surface area contributed by atoms with E-state index in [1.807, 2.05) is 24.3 Å². The van der Waals surface area contributed by atoms with Crippen LogP contribution in [0.4, 0.5) is 0 Å². The SMILES string of the molecule is CCN1CCN(CC(=O)N/N=C/c2ccc(Br)cc2)CC1. The Kier molecular flexibility index (Phi) is 6.35. The summed E-state index contributed by atoms with van der Waals surface area (Å²) in [7, 11) is 0. The van der Waals surface area contributed by atoms with Crippen LogP contribution in [0.1, 0.15) is 12.5 Å². The van der Waals surface area contributed by atoms with E-state index in [0.29, 0.717) is 6.54 Å². The topological polar surface area (TPSA) is 47.9 Å². The molecule has 0 saturated carbocycles. The van der Waals surface area contributed by atoms with E-state index in [0.717, 1.165) is 42.8 Å². The summed E-state index contributed by atoms with van der Waals surface area (Å²) in [5.74, 6) is -0.0617. The molecule has 21 heavy (non-hydrogen) atoms. The van der Waals surface area contributed by atoms with Crippen molar-refractivity contribution in [1.82, 2.24) is 15.2 Å². The van der Waals surface area contributed by atoms with Gasteiger partial charge in [0.15, 0.2) is 0 Å². The molecule has 1 saturated heterocycles. The maximum atomic E-state index is 11.8. The first-order valence-electron chi connectivity index (χ1n) is 7.19. The second-order valence-electron chi connectivity index (χ2n) is 5.06. The monoisotopic (exact) mass is 352 g/mol. The first kappa shape index (κ1) is 16.1. The first-order chi connectivity index (χ1) is 10.2. The van der Waals surface area contributed by atoms with E-state index in [1.54, 1.807) is 6.21 Å².